The molecule has 1 aromatic carbocycles. The maximum Gasteiger partial charge on any atom is 0.389 e. The Bertz CT molecular complexity index is 545. The maximum absolute atomic E-state index is 11.9. The number of halogens is 3. The number of hydrogen-bond donors (Lipinski definition) is 2. The first kappa shape index (κ1) is 17.9. The highest BCUT2D eigenvalue weighted by atomic mass is 32.2. The van der Waals surface area contributed by atoms with Crippen molar-refractivity contribution in [2.75, 3.05) is 6.54 Å². The van der Waals surface area contributed by atoms with E-state index in [0.29, 0.717) is 5.56 Å². The molecule has 0 heterocycles. The van der Waals surface area contributed by atoms with Crippen molar-refractivity contribution in [1.82, 2.24) is 4.72 Å². The van der Waals surface area contributed by atoms with Crippen molar-refractivity contribution in [2.45, 2.75) is 37.7 Å². The molecule has 21 heavy (non-hydrogen) atoms. The third-order valence-electron chi connectivity index (χ3n) is 2.89. The lowest BCUT2D eigenvalue weighted by Gasteiger charge is -2.10. The van der Waals surface area contributed by atoms with E-state index in [2.05, 4.69) is 4.72 Å². The van der Waals surface area contributed by atoms with Crippen molar-refractivity contribution in [3.63, 3.8) is 0 Å². The molecule has 0 saturated carbocycles. The van der Waals surface area contributed by atoms with Crippen molar-refractivity contribution in [3.05, 3.63) is 35.4 Å². The molecular formula is C13H19F3N2O2S. The molecule has 4 nitrogen and oxygen atoms in total. The third kappa shape index (κ3) is 7.45. The summed E-state index contributed by atoms with van der Waals surface area (Å²) in [6, 6.07) is 6.90. The van der Waals surface area contributed by atoms with E-state index in [9.17, 15) is 21.6 Å². The molecule has 1 rings (SSSR count). The lowest BCUT2D eigenvalue weighted by molar-refractivity contribution is -0.135. The van der Waals surface area contributed by atoms with E-state index in [1.807, 2.05) is 0 Å². The number of hydrogen-bond acceptors (Lipinski definition) is 3. The molecule has 0 aromatic heterocycles. The molecule has 0 fully saturated rings. The summed E-state index contributed by atoms with van der Waals surface area (Å²) >= 11 is 0. The fraction of sp³-hybridized carbons (Fsp3) is 0.538. The van der Waals surface area contributed by atoms with Gasteiger partial charge in [0.2, 0.25) is 10.0 Å². The molecule has 1 aromatic rings. The molecule has 3 N–H and O–H groups in total. The van der Waals surface area contributed by atoms with Crippen LogP contribution in [-0.4, -0.2) is 21.1 Å². The molecule has 120 valence electrons. The number of unbranched alkanes of at least 4 members (excludes halogenated alkanes) is 1. The fourth-order valence-corrected chi connectivity index (χ4v) is 3.08. The topological polar surface area (TPSA) is 72.2 Å². The second-order valence-corrected chi connectivity index (χ2v) is 6.51. The summed E-state index contributed by atoms with van der Waals surface area (Å²) in [4.78, 5) is 0. The molecule has 0 saturated heterocycles. The van der Waals surface area contributed by atoms with Crippen LogP contribution in [0.2, 0.25) is 0 Å². The van der Waals surface area contributed by atoms with Gasteiger partial charge < -0.3 is 5.73 Å². The molecule has 0 spiro atoms. The van der Waals surface area contributed by atoms with Crippen LogP contribution >= 0.6 is 0 Å². The van der Waals surface area contributed by atoms with Crippen LogP contribution in [-0.2, 0) is 22.3 Å². The van der Waals surface area contributed by atoms with Gasteiger partial charge in [0.25, 0.3) is 0 Å². The van der Waals surface area contributed by atoms with E-state index in [1.54, 1.807) is 24.3 Å². The molecule has 0 aliphatic rings. The standard InChI is InChI=1S/C13H19F3N2O2S/c14-13(15,16)7-3-4-8-18-21(19,20)10-12-6-2-1-5-11(12)9-17/h1-2,5-6,18H,3-4,7-10,17H2. The minimum atomic E-state index is -4.20. The lowest BCUT2D eigenvalue weighted by atomic mass is 10.1. The Kier molecular flexibility index (Phi) is 6.63. The highest BCUT2D eigenvalue weighted by molar-refractivity contribution is 7.88. The van der Waals surface area contributed by atoms with E-state index in [-0.39, 0.29) is 31.7 Å². The van der Waals surface area contributed by atoms with Gasteiger partial charge in [-0.25, -0.2) is 13.1 Å². The smallest absolute Gasteiger partial charge is 0.326 e. The molecule has 0 bridgehead atoms. The third-order valence-corrected chi connectivity index (χ3v) is 4.23. The Morgan fingerprint density at radius 1 is 1.10 bits per heavy atom. The predicted molar refractivity (Wildman–Crippen MR) is 74.9 cm³/mol. The first-order valence-corrected chi connectivity index (χ1v) is 8.20. The number of nitrogens with two attached hydrogens (primary N) is 1. The largest absolute Gasteiger partial charge is 0.389 e. The van der Waals surface area contributed by atoms with E-state index in [4.69, 9.17) is 5.73 Å². The number of rotatable bonds is 8. The summed E-state index contributed by atoms with van der Waals surface area (Å²) in [5, 5.41) is 0. The van der Waals surface area contributed by atoms with Crippen LogP contribution in [0.15, 0.2) is 24.3 Å². The van der Waals surface area contributed by atoms with Crippen molar-refractivity contribution >= 4 is 10.0 Å². The van der Waals surface area contributed by atoms with Gasteiger partial charge in [-0.15, -0.1) is 0 Å². The van der Waals surface area contributed by atoms with Crippen LogP contribution in [0.3, 0.4) is 0 Å². The van der Waals surface area contributed by atoms with Crippen LogP contribution in [0.4, 0.5) is 13.2 Å². The Morgan fingerprint density at radius 2 is 1.71 bits per heavy atom. The Balaban J connectivity index is 2.44. The van der Waals surface area contributed by atoms with Crippen molar-refractivity contribution < 1.29 is 21.6 Å². The van der Waals surface area contributed by atoms with Gasteiger partial charge >= 0.3 is 6.18 Å². The fourth-order valence-electron chi connectivity index (χ4n) is 1.83. The summed E-state index contributed by atoms with van der Waals surface area (Å²) in [6.45, 7) is 0.237. The van der Waals surface area contributed by atoms with Gasteiger partial charge in [-0.1, -0.05) is 24.3 Å². The highest BCUT2D eigenvalue weighted by Gasteiger charge is 2.25. The molecule has 8 heteroatoms. The van der Waals surface area contributed by atoms with Gasteiger partial charge in [-0.2, -0.15) is 13.2 Å². The zero-order chi connectivity index (χ0) is 15.9. The molecule has 0 amide bonds. The number of nitrogens with one attached hydrogen (secondary N) is 1. The van der Waals surface area contributed by atoms with Gasteiger partial charge in [-0.3, -0.25) is 0 Å². The van der Waals surface area contributed by atoms with Crippen molar-refractivity contribution in [3.8, 4) is 0 Å². The average Bonchev–Trinajstić information content (AvgIpc) is 2.37. The van der Waals surface area contributed by atoms with Gasteiger partial charge in [0.05, 0.1) is 5.75 Å². The van der Waals surface area contributed by atoms with Crippen LogP contribution in [0.25, 0.3) is 0 Å². The van der Waals surface area contributed by atoms with Crippen LogP contribution < -0.4 is 10.5 Å². The van der Waals surface area contributed by atoms with E-state index in [1.165, 1.54) is 0 Å². The Morgan fingerprint density at radius 3 is 2.29 bits per heavy atom. The molecule has 0 radical (unpaired) electrons. The first-order valence-electron chi connectivity index (χ1n) is 6.54. The van der Waals surface area contributed by atoms with E-state index in [0.717, 1.165) is 5.56 Å². The maximum atomic E-state index is 11.9. The number of sulfonamides is 1. The molecule has 0 aliphatic carbocycles. The van der Waals surface area contributed by atoms with Crippen molar-refractivity contribution in [1.29, 1.82) is 0 Å². The summed E-state index contributed by atoms with van der Waals surface area (Å²) < 4.78 is 61.8. The highest BCUT2D eigenvalue weighted by Crippen LogP contribution is 2.21. The van der Waals surface area contributed by atoms with Crippen LogP contribution in [0.1, 0.15) is 30.4 Å². The number of benzene rings is 1. The second-order valence-electron chi connectivity index (χ2n) is 4.70. The zero-order valence-electron chi connectivity index (χ0n) is 11.5. The summed E-state index contributed by atoms with van der Waals surface area (Å²) in [7, 11) is -3.57. The normalized spacial score (nSPS) is 12.6. The SMILES string of the molecule is NCc1ccccc1CS(=O)(=O)NCCCCC(F)(F)F. The molecule has 0 unspecified atom stereocenters. The van der Waals surface area contributed by atoms with Crippen LogP contribution in [0, 0.1) is 0 Å². The van der Waals surface area contributed by atoms with Crippen LogP contribution in [0.5, 0.6) is 0 Å². The first-order chi connectivity index (χ1) is 9.73. The van der Waals surface area contributed by atoms with E-state index >= 15 is 0 Å². The predicted octanol–water partition coefficient (Wildman–Crippen LogP) is 2.30. The molecular weight excluding hydrogens is 305 g/mol. The zero-order valence-corrected chi connectivity index (χ0v) is 12.3. The average molecular weight is 324 g/mol. The minimum Gasteiger partial charge on any atom is -0.326 e. The van der Waals surface area contributed by atoms with Gasteiger partial charge in [0, 0.05) is 19.5 Å². The quantitative estimate of drug-likeness (QED) is 0.721. The number of alkyl halides is 3. The monoisotopic (exact) mass is 324 g/mol. The van der Waals surface area contributed by atoms with Gasteiger partial charge in [-0.05, 0) is 24.0 Å². The van der Waals surface area contributed by atoms with Crippen molar-refractivity contribution in [2.24, 2.45) is 5.73 Å². The summed E-state index contributed by atoms with van der Waals surface area (Å²) in [6.07, 6.45) is -5.04. The molecule has 0 atom stereocenters. The Hall–Kier alpha value is -1.12. The van der Waals surface area contributed by atoms with E-state index < -0.39 is 22.6 Å². The van der Waals surface area contributed by atoms with Gasteiger partial charge in [0.15, 0.2) is 0 Å². The Labute approximate surface area is 122 Å². The minimum absolute atomic E-state index is 0.00318. The second kappa shape index (κ2) is 7.77. The van der Waals surface area contributed by atoms with Gasteiger partial charge in [0.1, 0.15) is 0 Å². The summed E-state index contributed by atoms with van der Waals surface area (Å²) in [5.74, 6) is -0.223. The molecule has 0 aliphatic heterocycles. The summed E-state index contributed by atoms with van der Waals surface area (Å²) in [5.41, 5.74) is 6.86. The lowest BCUT2D eigenvalue weighted by Crippen LogP contribution is -2.27.